The Kier molecular flexibility index (Phi) is 5.56. The fourth-order valence-electron chi connectivity index (χ4n) is 1.69. The third-order valence-electron chi connectivity index (χ3n) is 2.51. The topological polar surface area (TPSA) is 12.0 Å². The molecule has 0 saturated carbocycles. The number of nitrogens with one attached hydrogen (secondary N) is 1. The Hall–Kier alpha value is 0.0500. The van der Waals surface area contributed by atoms with E-state index in [-0.39, 0.29) is 0 Å². The van der Waals surface area contributed by atoms with E-state index >= 15 is 0 Å². The summed E-state index contributed by atoms with van der Waals surface area (Å²) in [5.74, 6) is 1.27. The monoisotopic (exact) mass is 199 g/mol. The van der Waals surface area contributed by atoms with Gasteiger partial charge in [-0.3, -0.25) is 0 Å². The highest BCUT2D eigenvalue weighted by atomic mass is 32.2. The van der Waals surface area contributed by atoms with Crippen molar-refractivity contribution in [1.29, 1.82) is 0 Å². The van der Waals surface area contributed by atoms with E-state index in [1.165, 1.54) is 31.4 Å². The Labute approximate surface area is 86.4 Å². The molecule has 76 valence electrons. The lowest BCUT2D eigenvalue weighted by Gasteiger charge is -2.22. The third kappa shape index (κ3) is 4.72. The summed E-state index contributed by atoms with van der Waals surface area (Å²) in [6, 6.07) is 1.31. The van der Waals surface area contributed by atoms with Crippen LogP contribution in [0.4, 0.5) is 0 Å². The van der Waals surface area contributed by atoms with E-state index in [1.807, 2.05) is 11.8 Å². The van der Waals surface area contributed by atoms with Gasteiger partial charge in [-0.15, -0.1) is 0 Å². The zero-order valence-electron chi connectivity index (χ0n) is 8.75. The van der Waals surface area contributed by atoms with Crippen molar-refractivity contribution in [3.63, 3.8) is 0 Å². The first kappa shape index (κ1) is 11.1. The normalized spacial score (nSPS) is 24.6. The fraction of sp³-hybridized carbons (Fsp3) is 0.818. The second-order valence-electron chi connectivity index (χ2n) is 3.81. The maximum absolute atomic E-state index is 3.65. The van der Waals surface area contributed by atoms with E-state index in [1.54, 1.807) is 0 Å². The van der Waals surface area contributed by atoms with Gasteiger partial charge in [0.2, 0.25) is 0 Å². The summed E-state index contributed by atoms with van der Waals surface area (Å²) >= 11 is 1.93. The van der Waals surface area contributed by atoms with Crippen molar-refractivity contribution in [2.45, 2.75) is 44.7 Å². The van der Waals surface area contributed by atoms with Crippen LogP contribution in [0.15, 0.2) is 12.2 Å². The van der Waals surface area contributed by atoms with E-state index in [0.29, 0.717) is 12.1 Å². The summed E-state index contributed by atoms with van der Waals surface area (Å²) in [4.78, 5) is 0. The van der Waals surface area contributed by atoms with Gasteiger partial charge in [-0.2, -0.15) is 11.8 Å². The van der Waals surface area contributed by atoms with E-state index < -0.39 is 0 Å². The summed E-state index contributed by atoms with van der Waals surface area (Å²) in [5, 5.41) is 3.65. The predicted octanol–water partition coefficient (Wildman–Crippen LogP) is 2.83. The van der Waals surface area contributed by atoms with Crippen LogP contribution in [-0.4, -0.2) is 24.1 Å². The van der Waals surface area contributed by atoms with Gasteiger partial charge in [0.25, 0.3) is 0 Å². The standard InChI is InChI=1S/C11H21NS/c1-10(8-9-13-2)12-11-6-4-3-5-7-11/h4,6,10-12H,3,5,7-9H2,1-2H3. The first-order valence-corrected chi connectivity index (χ1v) is 6.64. The molecule has 0 amide bonds. The highest BCUT2D eigenvalue weighted by Gasteiger charge is 2.10. The molecule has 0 aliphatic heterocycles. The molecule has 1 rings (SSSR count). The average molecular weight is 199 g/mol. The molecule has 0 spiro atoms. The number of hydrogen-bond donors (Lipinski definition) is 1. The van der Waals surface area contributed by atoms with E-state index in [2.05, 4.69) is 30.6 Å². The summed E-state index contributed by atoms with van der Waals surface area (Å²) in [7, 11) is 0. The van der Waals surface area contributed by atoms with Gasteiger partial charge in [0.15, 0.2) is 0 Å². The van der Waals surface area contributed by atoms with Crippen LogP contribution >= 0.6 is 11.8 Å². The van der Waals surface area contributed by atoms with Gasteiger partial charge in [0.05, 0.1) is 0 Å². The van der Waals surface area contributed by atoms with E-state index in [4.69, 9.17) is 0 Å². The van der Waals surface area contributed by atoms with Gasteiger partial charge in [0.1, 0.15) is 0 Å². The van der Waals surface area contributed by atoms with Crippen LogP contribution in [0.1, 0.15) is 32.6 Å². The summed E-state index contributed by atoms with van der Waals surface area (Å²) in [6.45, 7) is 2.29. The molecule has 1 N–H and O–H groups in total. The number of hydrogen-bond acceptors (Lipinski definition) is 2. The van der Waals surface area contributed by atoms with Crippen LogP contribution < -0.4 is 5.32 Å². The van der Waals surface area contributed by atoms with Crippen LogP contribution in [-0.2, 0) is 0 Å². The third-order valence-corrected chi connectivity index (χ3v) is 3.15. The Balaban J connectivity index is 2.14. The van der Waals surface area contributed by atoms with E-state index in [9.17, 15) is 0 Å². The molecule has 1 aliphatic carbocycles. The van der Waals surface area contributed by atoms with Gasteiger partial charge in [-0.1, -0.05) is 12.2 Å². The highest BCUT2D eigenvalue weighted by molar-refractivity contribution is 7.98. The number of rotatable bonds is 5. The van der Waals surface area contributed by atoms with Crippen molar-refractivity contribution in [2.75, 3.05) is 12.0 Å². The van der Waals surface area contributed by atoms with Crippen molar-refractivity contribution in [2.24, 2.45) is 0 Å². The first-order valence-electron chi connectivity index (χ1n) is 5.24. The van der Waals surface area contributed by atoms with Gasteiger partial charge in [-0.05, 0) is 44.6 Å². The summed E-state index contributed by atoms with van der Waals surface area (Å²) in [5.41, 5.74) is 0. The molecule has 2 atom stereocenters. The van der Waals surface area contributed by atoms with Gasteiger partial charge in [0, 0.05) is 12.1 Å². The maximum Gasteiger partial charge on any atom is 0.0252 e. The molecule has 2 heteroatoms. The Morgan fingerprint density at radius 2 is 2.46 bits per heavy atom. The minimum Gasteiger partial charge on any atom is -0.308 e. The molecule has 0 aromatic carbocycles. The molecule has 2 unspecified atom stereocenters. The van der Waals surface area contributed by atoms with Crippen LogP contribution in [0.3, 0.4) is 0 Å². The predicted molar refractivity (Wildman–Crippen MR) is 62.4 cm³/mol. The van der Waals surface area contributed by atoms with Gasteiger partial charge >= 0.3 is 0 Å². The molecule has 1 nitrogen and oxygen atoms in total. The highest BCUT2D eigenvalue weighted by Crippen LogP contribution is 2.11. The van der Waals surface area contributed by atoms with Crippen LogP contribution in [0.25, 0.3) is 0 Å². The molecule has 0 aromatic heterocycles. The van der Waals surface area contributed by atoms with Gasteiger partial charge < -0.3 is 5.32 Å². The van der Waals surface area contributed by atoms with Gasteiger partial charge in [-0.25, -0.2) is 0 Å². The molecule has 0 heterocycles. The van der Waals surface area contributed by atoms with Crippen molar-refractivity contribution < 1.29 is 0 Å². The van der Waals surface area contributed by atoms with Crippen molar-refractivity contribution in [1.82, 2.24) is 5.32 Å². The Bertz CT molecular complexity index is 156. The summed E-state index contributed by atoms with van der Waals surface area (Å²) < 4.78 is 0. The largest absolute Gasteiger partial charge is 0.308 e. The van der Waals surface area contributed by atoms with Crippen LogP contribution in [0.5, 0.6) is 0 Å². The zero-order valence-corrected chi connectivity index (χ0v) is 9.57. The molecule has 0 saturated heterocycles. The second-order valence-corrected chi connectivity index (χ2v) is 4.80. The molecular formula is C11H21NS. The lowest BCUT2D eigenvalue weighted by atomic mass is 10.0. The molecule has 13 heavy (non-hydrogen) atoms. The zero-order chi connectivity index (χ0) is 9.52. The average Bonchev–Trinajstić information content (AvgIpc) is 2.16. The summed E-state index contributed by atoms with van der Waals surface area (Å²) in [6.07, 6.45) is 12.0. The quantitative estimate of drug-likeness (QED) is 0.683. The first-order chi connectivity index (χ1) is 6.33. The van der Waals surface area contributed by atoms with Crippen molar-refractivity contribution >= 4 is 11.8 Å². The molecule has 0 aromatic rings. The SMILES string of the molecule is CSCCC(C)NC1C=CCCC1. The molecule has 0 bridgehead atoms. The molecule has 0 radical (unpaired) electrons. The lowest BCUT2D eigenvalue weighted by molar-refractivity contribution is 0.451. The lowest BCUT2D eigenvalue weighted by Crippen LogP contribution is -2.36. The van der Waals surface area contributed by atoms with E-state index in [0.717, 1.165) is 0 Å². The fourth-order valence-corrected chi connectivity index (χ4v) is 2.28. The minimum atomic E-state index is 0.644. The van der Waals surface area contributed by atoms with Crippen LogP contribution in [0.2, 0.25) is 0 Å². The smallest absolute Gasteiger partial charge is 0.0252 e. The van der Waals surface area contributed by atoms with Crippen LogP contribution in [0, 0.1) is 0 Å². The second kappa shape index (κ2) is 6.50. The van der Waals surface area contributed by atoms with Crippen molar-refractivity contribution in [3.05, 3.63) is 12.2 Å². The van der Waals surface area contributed by atoms with Crippen molar-refractivity contribution in [3.8, 4) is 0 Å². The minimum absolute atomic E-state index is 0.644. The maximum atomic E-state index is 3.65. The number of allylic oxidation sites excluding steroid dienone is 1. The molecule has 1 aliphatic rings. The molecule has 0 fully saturated rings. The Morgan fingerprint density at radius 1 is 1.62 bits per heavy atom. The number of thioether (sulfide) groups is 1. The molecular weight excluding hydrogens is 178 g/mol. The Morgan fingerprint density at radius 3 is 3.08 bits per heavy atom.